The zero-order valence-electron chi connectivity index (χ0n) is 10.0. The molecule has 0 aliphatic rings. The Bertz CT molecular complexity index is 604. The molecule has 1 atom stereocenters. The largest absolute Gasteiger partial charge is 0.496 e. The van der Waals surface area contributed by atoms with E-state index in [1.54, 1.807) is 24.3 Å². The van der Waals surface area contributed by atoms with Crippen LogP contribution in [0.3, 0.4) is 0 Å². The first-order valence-electron chi connectivity index (χ1n) is 5.50. The van der Waals surface area contributed by atoms with Crippen molar-refractivity contribution < 1.29 is 14.2 Å². The molecule has 2 aromatic rings. The Balaban J connectivity index is 2.52. The van der Waals surface area contributed by atoms with E-state index in [0.717, 1.165) is 4.47 Å². The molecule has 2 nitrogen and oxygen atoms in total. The van der Waals surface area contributed by atoms with Gasteiger partial charge in [0.25, 0.3) is 0 Å². The van der Waals surface area contributed by atoms with Crippen molar-refractivity contribution >= 4 is 27.5 Å². The third kappa shape index (κ3) is 2.91. The molecule has 100 valence electrons. The van der Waals surface area contributed by atoms with Crippen LogP contribution in [0.5, 0.6) is 5.75 Å². The second-order valence-electron chi connectivity index (χ2n) is 3.93. The van der Waals surface area contributed by atoms with Gasteiger partial charge < -0.3 is 9.84 Å². The SMILES string of the molecule is COc1ccc(Br)cc1C(O)c1cccc(Cl)c1F. The van der Waals surface area contributed by atoms with Crippen molar-refractivity contribution in [1.29, 1.82) is 0 Å². The molecule has 0 aliphatic heterocycles. The van der Waals surface area contributed by atoms with Crippen LogP contribution in [-0.2, 0) is 0 Å². The van der Waals surface area contributed by atoms with E-state index in [1.807, 2.05) is 0 Å². The van der Waals surface area contributed by atoms with Gasteiger partial charge in [-0.15, -0.1) is 0 Å². The maximum atomic E-state index is 13.9. The van der Waals surface area contributed by atoms with Gasteiger partial charge in [-0.2, -0.15) is 0 Å². The van der Waals surface area contributed by atoms with Crippen LogP contribution >= 0.6 is 27.5 Å². The summed E-state index contributed by atoms with van der Waals surface area (Å²) in [4.78, 5) is 0. The highest BCUT2D eigenvalue weighted by Gasteiger charge is 2.20. The highest BCUT2D eigenvalue weighted by atomic mass is 79.9. The monoisotopic (exact) mass is 344 g/mol. The normalized spacial score (nSPS) is 12.3. The molecule has 0 spiro atoms. The van der Waals surface area contributed by atoms with Crippen molar-refractivity contribution in [2.24, 2.45) is 0 Å². The van der Waals surface area contributed by atoms with Crippen molar-refractivity contribution in [2.45, 2.75) is 6.10 Å². The van der Waals surface area contributed by atoms with Crippen LogP contribution in [0.25, 0.3) is 0 Å². The summed E-state index contributed by atoms with van der Waals surface area (Å²) in [7, 11) is 1.49. The van der Waals surface area contributed by atoms with E-state index in [9.17, 15) is 9.50 Å². The fourth-order valence-corrected chi connectivity index (χ4v) is 2.38. The Morgan fingerprint density at radius 3 is 2.68 bits per heavy atom. The molecule has 0 amide bonds. The Morgan fingerprint density at radius 1 is 1.26 bits per heavy atom. The molecule has 2 rings (SSSR count). The summed E-state index contributed by atoms with van der Waals surface area (Å²) in [6.45, 7) is 0. The molecule has 0 saturated carbocycles. The summed E-state index contributed by atoms with van der Waals surface area (Å²) < 4.78 is 19.9. The third-order valence-electron chi connectivity index (χ3n) is 2.76. The Kier molecular flexibility index (Phi) is 4.45. The van der Waals surface area contributed by atoms with E-state index < -0.39 is 11.9 Å². The van der Waals surface area contributed by atoms with E-state index in [0.29, 0.717) is 11.3 Å². The van der Waals surface area contributed by atoms with E-state index in [-0.39, 0.29) is 10.6 Å². The fraction of sp³-hybridized carbons (Fsp3) is 0.143. The zero-order chi connectivity index (χ0) is 14.0. The maximum Gasteiger partial charge on any atom is 0.147 e. The number of benzene rings is 2. The van der Waals surface area contributed by atoms with Gasteiger partial charge in [-0.05, 0) is 24.3 Å². The van der Waals surface area contributed by atoms with Gasteiger partial charge in [0, 0.05) is 15.6 Å². The van der Waals surface area contributed by atoms with Gasteiger partial charge in [0.2, 0.25) is 0 Å². The molecule has 1 unspecified atom stereocenters. The molecule has 0 radical (unpaired) electrons. The molecule has 1 N–H and O–H groups in total. The standard InChI is InChI=1S/C14H11BrClFO2/c1-19-12-6-5-8(15)7-10(12)14(18)9-3-2-4-11(16)13(9)17/h2-7,14,18H,1H3. The van der Waals surface area contributed by atoms with Gasteiger partial charge in [-0.1, -0.05) is 39.7 Å². The zero-order valence-corrected chi connectivity index (χ0v) is 12.4. The third-order valence-corrected chi connectivity index (χ3v) is 3.55. The lowest BCUT2D eigenvalue weighted by Crippen LogP contribution is -2.05. The predicted molar refractivity (Wildman–Crippen MR) is 76.2 cm³/mol. The first kappa shape index (κ1) is 14.3. The van der Waals surface area contributed by atoms with Crippen molar-refractivity contribution in [3.63, 3.8) is 0 Å². The Labute approximate surface area is 123 Å². The Morgan fingerprint density at radius 2 is 2.00 bits per heavy atom. The second-order valence-corrected chi connectivity index (χ2v) is 5.25. The number of rotatable bonds is 3. The topological polar surface area (TPSA) is 29.5 Å². The summed E-state index contributed by atoms with van der Waals surface area (Å²) >= 11 is 9.04. The molecule has 0 bridgehead atoms. The lowest BCUT2D eigenvalue weighted by atomic mass is 10.0. The van der Waals surface area contributed by atoms with Crippen molar-refractivity contribution in [2.75, 3.05) is 7.11 Å². The number of ether oxygens (including phenoxy) is 1. The van der Waals surface area contributed by atoms with Gasteiger partial charge >= 0.3 is 0 Å². The molecule has 0 heterocycles. The minimum absolute atomic E-state index is 0.0227. The lowest BCUT2D eigenvalue weighted by Gasteiger charge is -2.16. The second kappa shape index (κ2) is 5.90. The molecule has 5 heteroatoms. The van der Waals surface area contributed by atoms with Crippen LogP contribution in [0.1, 0.15) is 17.2 Å². The van der Waals surface area contributed by atoms with Crippen LogP contribution in [0, 0.1) is 5.82 Å². The van der Waals surface area contributed by atoms with E-state index in [2.05, 4.69) is 15.9 Å². The first-order chi connectivity index (χ1) is 9.04. The maximum absolute atomic E-state index is 13.9. The fourth-order valence-electron chi connectivity index (χ4n) is 1.82. The molecule has 0 saturated heterocycles. The van der Waals surface area contributed by atoms with Gasteiger partial charge in [0.1, 0.15) is 17.7 Å². The first-order valence-corrected chi connectivity index (χ1v) is 6.67. The molecular weight excluding hydrogens is 335 g/mol. The van der Waals surface area contributed by atoms with Crippen LogP contribution in [-0.4, -0.2) is 12.2 Å². The number of halogens is 3. The summed E-state index contributed by atoms with van der Waals surface area (Å²) in [6, 6.07) is 9.68. The molecule has 2 aromatic carbocycles. The van der Waals surface area contributed by atoms with Gasteiger partial charge in [0.15, 0.2) is 0 Å². The van der Waals surface area contributed by atoms with Gasteiger partial charge in [-0.3, -0.25) is 0 Å². The molecule has 0 aliphatic carbocycles. The van der Waals surface area contributed by atoms with Crippen LogP contribution in [0.2, 0.25) is 5.02 Å². The molecular formula is C14H11BrClFO2. The average Bonchev–Trinajstić information content (AvgIpc) is 2.41. The highest BCUT2D eigenvalue weighted by Crippen LogP contribution is 2.34. The quantitative estimate of drug-likeness (QED) is 0.897. The molecule has 19 heavy (non-hydrogen) atoms. The van der Waals surface area contributed by atoms with Crippen molar-refractivity contribution in [1.82, 2.24) is 0 Å². The number of hydrogen-bond donors (Lipinski definition) is 1. The summed E-state index contributed by atoms with van der Waals surface area (Å²) in [5, 5.41) is 10.3. The summed E-state index contributed by atoms with van der Waals surface area (Å²) in [6.07, 6.45) is -1.15. The van der Waals surface area contributed by atoms with E-state index in [4.69, 9.17) is 16.3 Å². The summed E-state index contributed by atoms with van der Waals surface area (Å²) in [5.74, 6) is -0.145. The molecule has 0 fully saturated rings. The van der Waals surface area contributed by atoms with Crippen LogP contribution < -0.4 is 4.74 Å². The molecule has 0 aromatic heterocycles. The number of methoxy groups -OCH3 is 1. The van der Waals surface area contributed by atoms with Crippen LogP contribution in [0.4, 0.5) is 4.39 Å². The number of hydrogen-bond acceptors (Lipinski definition) is 2. The smallest absolute Gasteiger partial charge is 0.147 e. The number of aliphatic hydroxyl groups is 1. The van der Waals surface area contributed by atoms with Gasteiger partial charge in [0.05, 0.1) is 12.1 Å². The highest BCUT2D eigenvalue weighted by molar-refractivity contribution is 9.10. The van der Waals surface area contributed by atoms with Crippen LogP contribution in [0.15, 0.2) is 40.9 Å². The van der Waals surface area contributed by atoms with E-state index >= 15 is 0 Å². The average molecular weight is 346 g/mol. The minimum Gasteiger partial charge on any atom is -0.496 e. The minimum atomic E-state index is -1.15. The predicted octanol–water partition coefficient (Wildman–Crippen LogP) is 4.33. The Hall–Kier alpha value is -1.10. The number of aliphatic hydroxyl groups excluding tert-OH is 1. The van der Waals surface area contributed by atoms with Crippen molar-refractivity contribution in [3.8, 4) is 5.75 Å². The lowest BCUT2D eigenvalue weighted by molar-refractivity contribution is 0.209. The van der Waals surface area contributed by atoms with E-state index in [1.165, 1.54) is 19.2 Å². The van der Waals surface area contributed by atoms with Crippen molar-refractivity contribution in [3.05, 3.63) is 62.8 Å². The summed E-state index contributed by atoms with van der Waals surface area (Å²) in [5.41, 5.74) is 0.585. The van der Waals surface area contributed by atoms with Gasteiger partial charge in [-0.25, -0.2) is 4.39 Å².